The van der Waals surface area contributed by atoms with E-state index < -0.39 is 10.0 Å². The lowest BCUT2D eigenvalue weighted by Crippen LogP contribution is -2.33. The molecule has 148 valence electrons. The van der Waals surface area contributed by atoms with E-state index >= 15 is 0 Å². The summed E-state index contributed by atoms with van der Waals surface area (Å²) in [6.45, 7) is 3.28. The number of halogens is 1. The summed E-state index contributed by atoms with van der Waals surface area (Å²) in [5.74, 6) is -0.208. The highest BCUT2D eigenvalue weighted by Gasteiger charge is 2.24. The van der Waals surface area contributed by atoms with E-state index in [4.69, 9.17) is 0 Å². The van der Waals surface area contributed by atoms with Gasteiger partial charge in [-0.05, 0) is 44.3 Å². The Morgan fingerprint density at radius 1 is 1.07 bits per heavy atom. The van der Waals surface area contributed by atoms with Crippen LogP contribution in [0.3, 0.4) is 0 Å². The van der Waals surface area contributed by atoms with Crippen LogP contribution >= 0.6 is 12.4 Å². The molecular formula is C19H26ClN3O3S. The van der Waals surface area contributed by atoms with Crippen LogP contribution in [-0.4, -0.2) is 53.0 Å². The molecule has 27 heavy (non-hydrogen) atoms. The van der Waals surface area contributed by atoms with Crippen molar-refractivity contribution < 1.29 is 13.2 Å². The molecule has 1 N–H and O–H groups in total. The number of rotatable bonds is 8. The predicted octanol–water partition coefficient (Wildman–Crippen LogP) is 2.62. The average Bonchev–Trinajstić information content (AvgIpc) is 2.66. The Hall–Kier alpha value is -2.09. The van der Waals surface area contributed by atoms with Gasteiger partial charge in [0, 0.05) is 32.2 Å². The second-order valence-corrected chi connectivity index (χ2v) is 7.73. The van der Waals surface area contributed by atoms with Crippen molar-refractivity contribution in [2.45, 2.75) is 11.8 Å². The van der Waals surface area contributed by atoms with Gasteiger partial charge in [-0.2, -0.15) is 0 Å². The van der Waals surface area contributed by atoms with Gasteiger partial charge in [-0.1, -0.05) is 24.3 Å². The van der Waals surface area contributed by atoms with Gasteiger partial charge >= 0.3 is 0 Å². The Bertz CT molecular complexity index is 844. The summed E-state index contributed by atoms with van der Waals surface area (Å²) in [6, 6.07) is 15.1. The van der Waals surface area contributed by atoms with E-state index in [0.29, 0.717) is 30.9 Å². The van der Waals surface area contributed by atoms with E-state index in [9.17, 15) is 13.2 Å². The van der Waals surface area contributed by atoms with Crippen LogP contribution in [0, 0.1) is 0 Å². The molecule has 0 aliphatic carbocycles. The highest BCUT2D eigenvalue weighted by Crippen LogP contribution is 2.24. The summed E-state index contributed by atoms with van der Waals surface area (Å²) in [7, 11) is -0.241. The van der Waals surface area contributed by atoms with Crippen molar-refractivity contribution in [2.24, 2.45) is 0 Å². The smallest absolute Gasteiger partial charge is 0.264 e. The van der Waals surface area contributed by atoms with E-state index in [2.05, 4.69) is 5.32 Å². The molecule has 0 heterocycles. The number of para-hydroxylation sites is 1. The Labute approximate surface area is 167 Å². The van der Waals surface area contributed by atoms with Crippen molar-refractivity contribution in [1.82, 2.24) is 10.2 Å². The maximum absolute atomic E-state index is 13.1. The van der Waals surface area contributed by atoms with Crippen LogP contribution in [0.1, 0.15) is 17.3 Å². The zero-order chi connectivity index (χ0) is 19.2. The highest BCUT2D eigenvalue weighted by atomic mass is 35.5. The number of carbonyl (C=O) groups is 1. The van der Waals surface area contributed by atoms with Crippen LogP contribution in [0.5, 0.6) is 0 Å². The monoisotopic (exact) mass is 411 g/mol. The van der Waals surface area contributed by atoms with Gasteiger partial charge in [0.15, 0.2) is 0 Å². The summed E-state index contributed by atoms with van der Waals surface area (Å²) in [5, 5.41) is 2.98. The Morgan fingerprint density at radius 2 is 1.74 bits per heavy atom. The molecule has 0 saturated heterocycles. The van der Waals surface area contributed by atoms with Crippen LogP contribution < -0.4 is 9.62 Å². The van der Waals surface area contributed by atoms with E-state index in [0.717, 1.165) is 0 Å². The summed E-state index contributed by atoms with van der Waals surface area (Å²) < 4.78 is 27.5. The molecule has 2 aromatic carbocycles. The fourth-order valence-corrected chi connectivity index (χ4v) is 4.12. The van der Waals surface area contributed by atoms with E-state index in [1.807, 2.05) is 13.1 Å². The van der Waals surface area contributed by atoms with Crippen LogP contribution in [0.25, 0.3) is 0 Å². The zero-order valence-corrected chi connectivity index (χ0v) is 17.4. The maximum atomic E-state index is 13.1. The minimum Gasteiger partial charge on any atom is -0.340 e. The molecule has 0 unspecified atom stereocenters. The van der Waals surface area contributed by atoms with E-state index in [1.165, 1.54) is 16.4 Å². The number of carbonyl (C=O) groups excluding carboxylic acids is 1. The number of anilines is 1. The number of sulfonamides is 1. The standard InChI is InChI=1S/C19H25N3O3S.ClH/c1-4-22(17-10-6-5-7-11-17)26(24,25)18-12-8-9-16(15-18)19(23)21(3)14-13-20-2;/h5-12,15,20H,4,13-14H2,1-3H3;1H. The summed E-state index contributed by atoms with van der Waals surface area (Å²) >= 11 is 0. The highest BCUT2D eigenvalue weighted by molar-refractivity contribution is 7.92. The Balaban J connectivity index is 0.00000364. The molecular weight excluding hydrogens is 386 g/mol. The first-order valence-corrected chi connectivity index (χ1v) is 9.93. The van der Waals surface area contributed by atoms with Gasteiger partial charge < -0.3 is 10.2 Å². The Kier molecular flexibility index (Phi) is 8.75. The topological polar surface area (TPSA) is 69.7 Å². The molecule has 0 fully saturated rings. The molecule has 1 amide bonds. The second kappa shape index (κ2) is 10.3. The van der Waals surface area contributed by atoms with Crippen LogP contribution in [0.4, 0.5) is 5.69 Å². The molecule has 6 nitrogen and oxygen atoms in total. The number of amides is 1. The third-order valence-electron chi connectivity index (χ3n) is 4.04. The predicted molar refractivity (Wildman–Crippen MR) is 111 cm³/mol. The molecule has 2 rings (SSSR count). The van der Waals surface area contributed by atoms with Gasteiger partial charge in [-0.3, -0.25) is 9.10 Å². The van der Waals surface area contributed by atoms with Crippen molar-refractivity contribution in [3.63, 3.8) is 0 Å². The lowest BCUT2D eigenvalue weighted by Gasteiger charge is -2.23. The largest absolute Gasteiger partial charge is 0.340 e. The maximum Gasteiger partial charge on any atom is 0.264 e. The van der Waals surface area contributed by atoms with Crippen molar-refractivity contribution in [2.75, 3.05) is 38.0 Å². The molecule has 8 heteroatoms. The molecule has 0 radical (unpaired) electrons. The zero-order valence-electron chi connectivity index (χ0n) is 15.8. The lowest BCUT2D eigenvalue weighted by molar-refractivity contribution is 0.0796. The minimum absolute atomic E-state index is 0. The number of nitrogens with zero attached hydrogens (tertiary/aromatic N) is 2. The lowest BCUT2D eigenvalue weighted by atomic mass is 10.2. The van der Waals surface area contributed by atoms with Crippen LogP contribution in [0.15, 0.2) is 59.5 Å². The molecule has 0 aliphatic heterocycles. The van der Waals surface area contributed by atoms with Crippen LogP contribution in [0.2, 0.25) is 0 Å². The molecule has 2 aromatic rings. The fourth-order valence-electron chi connectivity index (χ4n) is 2.60. The van der Waals surface area contributed by atoms with Gasteiger partial charge in [0.05, 0.1) is 10.6 Å². The summed E-state index contributed by atoms with van der Waals surface area (Å²) in [6.07, 6.45) is 0. The van der Waals surface area contributed by atoms with Gasteiger partial charge in [0.1, 0.15) is 0 Å². The Morgan fingerprint density at radius 3 is 2.33 bits per heavy atom. The first-order chi connectivity index (χ1) is 12.4. The average molecular weight is 412 g/mol. The second-order valence-electron chi connectivity index (χ2n) is 5.86. The number of benzene rings is 2. The van der Waals surface area contributed by atoms with Gasteiger partial charge in [0.25, 0.3) is 15.9 Å². The molecule has 0 aromatic heterocycles. The first kappa shape index (κ1) is 23.0. The van der Waals surface area contributed by atoms with Crippen molar-refractivity contribution >= 4 is 34.0 Å². The molecule has 0 spiro atoms. The number of hydrogen-bond acceptors (Lipinski definition) is 4. The van der Waals surface area contributed by atoms with Crippen molar-refractivity contribution in [3.05, 3.63) is 60.2 Å². The molecule has 0 saturated carbocycles. The van der Waals surface area contributed by atoms with Gasteiger partial charge in [-0.15, -0.1) is 12.4 Å². The quantitative estimate of drug-likeness (QED) is 0.724. The third kappa shape index (κ3) is 5.45. The third-order valence-corrected chi connectivity index (χ3v) is 5.94. The first-order valence-electron chi connectivity index (χ1n) is 8.49. The SMILES string of the molecule is CCN(c1ccccc1)S(=O)(=O)c1cccc(C(=O)N(C)CCNC)c1.Cl. The van der Waals surface area contributed by atoms with Crippen LogP contribution in [-0.2, 0) is 10.0 Å². The minimum atomic E-state index is -3.75. The molecule has 0 bridgehead atoms. The summed E-state index contributed by atoms with van der Waals surface area (Å²) in [4.78, 5) is 14.2. The summed E-state index contributed by atoms with van der Waals surface area (Å²) in [5.41, 5.74) is 0.951. The van der Waals surface area contributed by atoms with Crippen molar-refractivity contribution in [3.8, 4) is 0 Å². The van der Waals surface area contributed by atoms with Gasteiger partial charge in [-0.25, -0.2) is 8.42 Å². The number of hydrogen-bond donors (Lipinski definition) is 1. The van der Waals surface area contributed by atoms with Crippen molar-refractivity contribution in [1.29, 1.82) is 0 Å². The van der Waals surface area contributed by atoms with E-state index in [1.54, 1.807) is 55.3 Å². The number of nitrogens with one attached hydrogen (secondary N) is 1. The molecule has 0 atom stereocenters. The normalized spacial score (nSPS) is 10.8. The van der Waals surface area contributed by atoms with Gasteiger partial charge in [0.2, 0.25) is 0 Å². The molecule has 0 aliphatic rings. The number of likely N-dealkylation sites (N-methyl/N-ethyl adjacent to an activating group) is 2. The van der Waals surface area contributed by atoms with E-state index in [-0.39, 0.29) is 23.2 Å². The fraction of sp³-hybridized carbons (Fsp3) is 0.316.